The lowest BCUT2D eigenvalue weighted by Gasteiger charge is -2.35. The summed E-state index contributed by atoms with van der Waals surface area (Å²) >= 11 is 7.19. The topological polar surface area (TPSA) is 29.3 Å². The van der Waals surface area contributed by atoms with Gasteiger partial charge in [0.2, 0.25) is 0 Å². The predicted octanol–water partition coefficient (Wildman–Crippen LogP) is 5.02. The van der Waals surface area contributed by atoms with Crippen LogP contribution in [0.25, 0.3) is 0 Å². The number of hydrogen-bond acceptors (Lipinski definition) is 4. The minimum Gasteiger partial charge on any atom is -0.326 e. The van der Waals surface area contributed by atoms with Gasteiger partial charge in [-0.25, -0.2) is 0 Å². The third kappa shape index (κ3) is 3.77. The lowest BCUT2D eigenvalue weighted by atomic mass is 10.0. The number of halogens is 1. The molecule has 0 saturated heterocycles. The van der Waals surface area contributed by atoms with Gasteiger partial charge in [-0.3, -0.25) is 4.90 Å². The summed E-state index contributed by atoms with van der Waals surface area (Å²) in [7, 11) is 0. The Hall–Kier alpha value is -0.200. The Morgan fingerprint density at radius 1 is 1.38 bits per heavy atom. The van der Waals surface area contributed by atoms with Crippen molar-refractivity contribution in [3.8, 4) is 0 Å². The Morgan fingerprint density at radius 2 is 2.19 bits per heavy atom. The van der Waals surface area contributed by atoms with E-state index in [1.807, 2.05) is 11.3 Å². The van der Waals surface area contributed by atoms with Gasteiger partial charge < -0.3 is 5.73 Å². The number of nitrogens with zero attached hydrogens (tertiary/aromatic N) is 1. The second-order valence-corrected chi connectivity index (χ2v) is 8.97. The van der Waals surface area contributed by atoms with Crippen LogP contribution >= 0.6 is 38.6 Å². The lowest BCUT2D eigenvalue weighted by Crippen LogP contribution is -2.41. The van der Waals surface area contributed by atoms with E-state index < -0.39 is 0 Å². The van der Waals surface area contributed by atoms with Crippen LogP contribution in [0.1, 0.15) is 42.7 Å². The normalized spacial score (nSPS) is 18.1. The SMILES string of the molecule is CCC(N)C(c1ccc(Br)s1)N(Cc1ccsc1)C1CC1. The molecule has 2 unspecified atom stereocenters. The van der Waals surface area contributed by atoms with Gasteiger partial charge in [0.1, 0.15) is 0 Å². The molecule has 0 amide bonds. The van der Waals surface area contributed by atoms with Gasteiger partial charge >= 0.3 is 0 Å². The van der Waals surface area contributed by atoms with E-state index in [9.17, 15) is 0 Å². The molecule has 2 N–H and O–H groups in total. The summed E-state index contributed by atoms with van der Waals surface area (Å²) in [6, 6.07) is 7.84. The molecule has 0 aliphatic heterocycles. The van der Waals surface area contributed by atoms with Crippen LogP contribution in [0.3, 0.4) is 0 Å². The average Bonchev–Trinajstić information content (AvgIpc) is 3.03. The van der Waals surface area contributed by atoms with Crippen molar-refractivity contribution in [2.24, 2.45) is 5.73 Å². The van der Waals surface area contributed by atoms with E-state index >= 15 is 0 Å². The summed E-state index contributed by atoms with van der Waals surface area (Å²) in [5, 5.41) is 4.42. The maximum atomic E-state index is 6.51. The standard InChI is InChI=1S/C16H21BrN2S2/c1-2-13(18)16(14-5-6-15(17)21-14)19(12-3-4-12)9-11-7-8-20-10-11/h5-8,10,12-13,16H,2-4,9,18H2,1H3. The molecule has 3 rings (SSSR count). The van der Waals surface area contributed by atoms with E-state index in [4.69, 9.17) is 5.73 Å². The number of hydrogen-bond donors (Lipinski definition) is 1. The minimum atomic E-state index is 0.190. The maximum Gasteiger partial charge on any atom is 0.0702 e. The van der Waals surface area contributed by atoms with E-state index in [1.165, 1.54) is 27.1 Å². The highest BCUT2D eigenvalue weighted by Gasteiger charge is 2.37. The second kappa shape index (κ2) is 6.92. The number of nitrogens with two attached hydrogens (primary N) is 1. The number of rotatable bonds is 7. The Kier molecular flexibility index (Phi) is 5.17. The van der Waals surface area contributed by atoms with E-state index in [0.29, 0.717) is 12.1 Å². The molecule has 1 aliphatic rings. The van der Waals surface area contributed by atoms with Crippen LogP contribution in [0.4, 0.5) is 0 Å². The molecule has 21 heavy (non-hydrogen) atoms. The van der Waals surface area contributed by atoms with Gasteiger partial charge in [0.05, 0.1) is 9.83 Å². The largest absolute Gasteiger partial charge is 0.326 e. The summed E-state index contributed by atoms with van der Waals surface area (Å²) in [6.07, 6.45) is 3.63. The summed E-state index contributed by atoms with van der Waals surface area (Å²) in [4.78, 5) is 4.02. The zero-order chi connectivity index (χ0) is 14.8. The molecule has 1 fully saturated rings. The molecule has 2 nitrogen and oxygen atoms in total. The van der Waals surface area contributed by atoms with Crippen molar-refractivity contribution >= 4 is 38.6 Å². The van der Waals surface area contributed by atoms with Gasteiger partial charge in [0, 0.05) is 23.5 Å². The van der Waals surface area contributed by atoms with Crippen molar-refractivity contribution in [2.75, 3.05) is 0 Å². The van der Waals surface area contributed by atoms with Crippen LogP contribution in [0.15, 0.2) is 32.7 Å². The molecular formula is C16H21BrN2S2. The van der Waals surface area contributed by atoms with Crippen LogP contribution in [0.2, 0.25) is 0 Å². The molecule has 0 aromatic carbocycles. The quantitative estimate of drug-likeness (QED) is 0.726. The fourth-order valence-electron chi connectivity index (χ4n) is 2.79. The maximum absolute atomic E-state index is 6.51. The Balaban J connectivity index is 1.88. The lowest BCUT2D eigenvalue weighted by molar-refractivity contribution is 0.153. The smallest absolute Gasteiger partial charge is 0.0702 e. The Labute approximate surface area is 143 Å². The Morgan fingerprint density at radius 3 is 2.71 bits per heavy atom. The highest BCUT2D eigenvalue weighted by Crippen LogP contribution is 2.40. The first kappa shape index (κ1) is 15.7. The first-order chi connectivity index (χ1) is 10.2. The fraction of sp³-hybridized carbons (Fsp3) is 0.500. The van der Waals surface area contributed by atoms with E-state index in [-0.39, 0.29) is 6.04 Å². The molecule has 5 heteroatoms. The van der Waals surface area contributed by atoms with Gasteiger partial charge in [-0.15, -0.1) is 11.3 Å². The summed E-state index contributed by atoms with van der Waals surface area (Å²) in [5.74, 6) is 0. The van der Waals surface area contributed by atoms with Crippen molar-refractivity contribution < 1.29 is 0 Å². The molecule has 114 valence electrons. The van der Waals surface area contributed by atoms with Gasteiger partial charge in [-0.1, -0.05) is 6.92 Å². The minimum absolute atomic E-state index is 0.190. The summed E-state index contributed by atoms with van der Waals surface area (Å²) in [6.45, 7) is 3.21. The van der Waals surface area contributed by atoms with Gasteiger partial charge in [0.15, 0.2) is 0 Å². The fourth-order valence-corrected chi connectivity index (χ4v) is 5.07. The molecule has 0 bridgehead atoms. The van der Waals surface area contributed by atoms with E-state index in [1.54, 1.807) is 11.3 Å². The van der Waals surface area contributed by atoms with Crippen LogP contribution in [0.5, 0.6) is 0 Å². The van der Waals surface area contributed by atoms with Crippen LogP contribution in [-0.4, -0.2) is 17.0 Å². The average molecular weight is 385 g/mol. The highest BCUT2D eigenvalue weighted by molar-refractivity contribution is 9.11. The zero-order valence-electron chi connectivity index (χ0n) is 12.2. The van der Waals surface area contributed by atoms with Crippen molar-refractivity contribution in [1.29, 1.82) is 0 Å². The first-order valence-corrected chi connectivity index (χ1v) is 10.0. The molecular weight excluding hydrogens is 364 g/mol. The third-order valence-corrected chi connectivity index (χ3v) is 6.51. The summed E-state index contributed by atoms with van der Waals surface area (Å²) < 4.78 is 1.19. The van der Waals surface area contributed by atoms with Gasteiger partial charge in [-0.2, -0.15) is 11.3 Å². The third-order valence-electron chi connectivity index (χ3n) is 4.08. The van der Waals surface area contributed by atoms with Gasteiger partial charge in [0.25, 0.3) is 0 Å². The first-order valence-electron chi connectivity index (χ1n) is 7.46. The molecule has 0 spiro atoms. The van der Waals surface area contributed by atoms with Crippen molar-refractivity contribution in [2.45, 2.75) is 50.9 Å². The van der Waals surface area contributed by atoms with Crippen molar-refractivity contribution in [3.05, 3.63) is 43.2 Å². The van der Waals surface area contributed by atoms with Crippen molar-refractivity contribution in [3.63, 3.8) is 0 Å². The van der Waals surface area contributed by atoms with Gasteiger partial charge in [-0.05, 0) is 69.7 Å². The van der Waals surface area contributed by atoms with E-state index in [2.05, 4.69) is 56.7 Å². The molecule has 1 aliphatic carbocycles. The number of thiophene rings is 2. The van der Waals surface area contributed by atoms with Crippen LogP contribution < -0.4 is 5.73 Å². The molecule has 2 atom stereocenters. The van der Waals surface area contributed by atoms with Crippen molar-refractivity contribution in [1.82, 2.24) is 4.90 Å². The molecule has 2 aromatic heterocycles. The monoisotopic (exact) mass is 384 g/mol. The Bertz CT molecular complexity index is 563. The van der Waals surface area contributed by atoms with Crippen LogP contribution in [0, 0.1) is 0 Å². The molecule has 2 aromatic rings. The molecule has 0 radical (unpaired) electrons. The molecule has 2 heterocycles. The van der Waals surface area contributed by atoms with Crippen LogP contribution in [-0.2, 0) is 6.54 Å². The second-order valence-electron chi connectivity index (χ2n) is 5.69. The molecule has 1 saturated carbocycles. The predicted molar refractivity (Wildman–Crippen MR) is 95.9 cm³/mol. The zero-order valence-corrected chi connectivity index (χ0v) is 15.4. The summed E-state index contributed by atoms with van der Waals surface area (Å²) in [5.41, 5.74) is 7.92. The highest BCUT2D eigenvalue weighted by atomic mass is 79.9. The van der Waals surface area contributed by atoms with E-state index in [0.717, 1.165) is 13.0 Å².